The van der Waals surface area contributed by atoms with Crippen LogP contribution in [0.15, 0.2) is 23.1 Å². The van der Waals surface area contributed by atoms with Crippen molar-refractivity contribution in [2.75, 3.05) is 5.73 Å². The second-order valence-electron chi connectivity index (χ2n) is 3.43. The van der Waals surface area contributed by atoms with Crippen molar-refractivity contribution in [1.29, 1.82) is 0 Å². The molecule has 0 radical (unpaired) electrons. The molecule has 5 N–H and O–H groups in total. The number of benzene rings is 1. The Hall–Kier alpha value is -1.67. The van der Waals surface area contributed by atoms with E-state index in [1.807, 2.05) is 4.72 Å². The topological polar surface area (TPSA) is 115 Å². The molecule has 0 spiro atoms. The largest absolute Gasteiger partial charge is 0.396 e. The average Bonchev–Trinajstić information content (AvgIpc) is 2.21. The molecule has 94 valence electrons. The molecule has 17 heavy (non-hydrogen) atoms. The van der Waals surface area contributed by atoms with Crippen LogP contribution in [0.5, 0.6) is 0 Å². The van der Waals surface area contributed by atoms with Gasteiger partial charge in [-0.3, -0.25) is 4.79 Å². The van der Waals surface area contributed by atoms with E-state index in [0.29, 0.717) is 0 Å². The van der Waals surface area contributed by atoms with E-state index in [0.717, 1.165) is 18.2 Å². The van der Waals surface area contributed by atoms with Gasteiger partial charge in [0.1, 0.15) is 5.82 Å². The molecule has 1 atom stereocenters. The van der Waals surface area contributed by atoms with Gasteiger partial charge in [-0.05, 0) is 25.1 Å². The van der Waals surface area contributed by atoms with Gasteiger partial charge in [0.25, 0.3) is 0 Å². The van der Waals surface area contributed by atoms with Crippen molar-refractivity contribution in [1.82, 2.24) is 4.72 Å². The second kappa shape index (κ2) is 4.68. The Labute approximate surface area is 97.8 Å². The van der Waals surface area contributed by atoms with Crippen LogP contribution in [0.2, 0.25) is 0 Å². The van der Waals surface area contributed by atoms with Crippen molar-refractivity contribution in [2.24, 2.45) is 5.73 Å². The highest BCUT2D eigenvalue weighted by molar-refractivity contribution is 7.89. The molecule has 0 saturated carbocycles. The molecule has 1 unspecified atom stereocenters. The molecular formula is C9H12FN3O3S. The van der Waals surface area contributed by atoms with Crippen LogP contribution in [0.4, 0.5) is 10.1 Å². The lowest BCUT2D eigenvalue weighted by Gasteiger charge is -2.11. The number of hydrogen-bond acceptors (Lipinski definition) is 4. The highest BCUT2D eigenvalue weighted by Crippen LogP contribution is 2.16. The summed E-state index contributed by atoms with van der Waals surface area (Å²) >= 11 is 0. The number of rotatable bonds is 4. The number of anilines is 1. The molecule has 1 aromatic carbocycles. The van der Waals surface area contributed by atoms with Crippen molar-refractivity contribution in [3.05, 3.63) is 24.0 Å². The van der Waals surface area contributed by atoms with E-state index in [2.05, 4.69) is 0 Å². The van der Waals surface area contributed by atoms with Gasteiger partial charge in [0.05, 0.1) is 16.6 Å². The first-order valence-corrected chi connectivity index (χ1v) is 6.09. The Balaban J connectivity index is 3.05. The summed E-state index contributed by atoms with van der Waals surface area (Å²) in [5.74, 6) is -1.53. The number of nitrogen functional groups attached to an aromatic ring is 1. The van der Waals surface area contributed by atoms with Crippen LogP contribution in [0, 0.1) is 5.82 Å². The van der Waals surface area contributed by atoms with Gasteiger partial charge >= 0.3 is 0 Å². The van der Waals surface area contributed by atoms with E-state index in [1.54, 1.807) is 0 Å². The highest BCUT2D eigenvalue weighted by Gasteiger charge is 2.20. The smallest absolute Gasteiger partial charge is 0.241 e. The average molecular weight is 261 g/mol. The number of halogens is 1. The van der Waals surface area contributed by atoms with Crippen LogP contribution < -0.4 is 16.2 Å². The summed E-state index contributed by atoms with van der Waals surface area (Å²) in [6.07, 6.45) is 0. The number of carbonyl (C=O) groups is 1. The second-order valence-corrected chi connectivity index (χ2v) is 5.14. The fraction of sp³-hybridized carbons (Fsp3) is 0.222. The zero-order valence-electron chi connectivity index (χ0n) is 8.98. The number of hydrogen-bond donors (Lipinski definition) is 3. The van der Waals surface area contributed by atoms with E-state index < -0.39 is 27.8 Å². The molecule has 1 aromatic rings. The molecule has 0 aliphatic heterocycles. The number of sulfonamides is 1. The van der Waals surface area contributed by atoms with Gasteiger partial charge in [-0.25, -0.2) is 12.8 Å². The van der Waals surface area contributed by atoms with Gasteiger partial charge < -0.3 is 11.5 Å². The number of primary amides is 1. The number of nitrogens with two attached hydrogens (primary N) is 2. The van der Waals surface area contributed by atoms with Crippen molar-refractivity contribution < 1.29 is 17.6 Å². The van der Waals surface area contributed by atoms with Crippen molar-refractivity contribution in [2.45, 2.75) is 17.9 Å². The van der Waals surface area contributed by atoms with Crippen LogP contribution in [0.3, 0.4) is 0 Å². The molecule has 0 heterocycles. The lowest BCUT2D eigenvalue weighted by molar-refractivity contribution is -0.119. The Morgan fingerprint density at radius 1 is 1.47 bits per heavy atom. The van der Waals surface area contributed by atoms with Gasteiger partial charge in [0.2, 0.25) is 15.9 Å². The summed E-state index contributed by atoms with van der Waals surface area (Å²) in [4.78, 5) is 10.5. The Bertz CT molecular complexity index is 544. The maximum atomic E-state index is 12.9. The number of carbonyl (C=O) groups excluding carboxylic acids is 1. The Morgan fingerprint density at radius 3 is 2.53 bits per heavy atom. The van der Waals surface area contributed by atoms with E-state index in [9.17, 15) is 17.6 Å². The predicted molar refractivity (Wildman–Crippen MR) is 59.8 cm³/mol. The minimum atomic E-state index is -3.94. The number of amides is 1. The van der Waals surface area contributed by atoms with Gasteiger partial charge in [0.15, 0.2) is 0 Å². The zero-order valence-corrected chi connectivity index (χ0v) is 9.79. The summed E-state index contributed by atoms with van der Waals surface area (Å²) in [6, 6.07) is 1.87. The predicted octanol–water partition coefficient (Wildman–Crippen LogP) is -0.440. The standard InChI is InChI=1S/C9H12FN3O3S/c1-5(9(12)14)13-17(15,16)6-2-3-7(10)8(11)4-6/h2-5,13H,11H2,1H3,(H2,12,14). The normalized spacial score (nSPS) is 13.3. The third-order valence-electron chi connectivity index (χ3n) is 2.04. The first-order valence-electron chi connectivity index (χ1n) is 4.60. The molecule has 8 heteroatoms. The molecule has 0 aliphatic carbocycles. The first-order chi connectivity index (χ1) is 7.74. The maximum absolute atomic E-state index is 12.9. The van der Waals surface area contributed by atoms with Crippen molar-refractivity contribution >= 4 is 21.6 Å². The van der Waals surface area contributed by atoms with Gasteiger partial charge in [-0.1, -0.05) is 0 Å². The van der Waals surface area contributed by atoms with E-state index in [4.69, 9.17) is 11.5 Å². The molecule has 0 aliphatic rings. The first kappa shape index (κ1) is 13.4. The molecule has 0 fully saturated rings. The van der Waals surface area contributed by atoms with E-state index in [-0.39, 0.29) is 10.6 Å². The molecule has 1 amide bonds. The Kier molecular flexibility index (Phi) is 3.69. The molecule has 6 nitrogen and oxygen atoms in total. The third-order valence-corrected chi connectivity index (χ3v) is 3.57. The zero-order chi connectivity index (χ0) is 13.2. The third kappa shape index (κ3) is 3.14. The summed E-state index contributed by atoms with van der Waals surface area (Å²) in [7, 11) is -3.94. The summed E-state index contributed by atoms with van der Waals surface area (Å²) in [5, 5.41) is 0. The maximum Gasteiger partial charge on any atom is 0.241 e. The van der Waals surface area contributed by atoms with E-state index in [1.165, 1.54) is 6.92 Å². The van der Waals surface area contributed by atoms with Crippen LogP contribution >= 0.6 is 0 Å². The van der Waals surface area contributed by atoms with Gasteiger partial charge in [0, 0.05) is 0 Å². The summed E-state index contributed by atoms with van der Waals surface area (Å²) < 4.78 is 38.3. The fourth-order valence-electron chi connectivity index (χ4n) is 1.05. The van der Waals surface area contributed by atoms with Crippen LogP contribution in [0.25, 0.3) is 0 Å². The highest BCUT2D eigenvalue weighted by atomic mass is 32.2. The number of nitrogens with one attached hydrogen (secondary N) is 1. The summed E-state index contributed by atoms with van der Waals surface area (Å²) in [6.45, 7) is 1.30. The fourth-order valence-corrected chi connectivity index (χ4v) is 2.29. The molecule has 0 bridgehead atoms. The minimum absolute atomic E-state index is 0.232. The Morgan fingerprint density at radius 2 is 2.06 bits per heavy atom. The lowest BCUT2D eigenvalue weighted by atomic mass is 10.3. The SMILES string of the molecule is CC(NS(=O)(=O)c1ccc(F)c(N)c1)C(N)=O. The van der Waals surface area contributed by atoms with Crippen LogP contribution in [-0.4, -0.2) is 20.4 Å². The van der Waals surface area contributed by atoms with E-state index >= 15 is 0 Å². The summed E-state index contributed by atoms with van der Waals surface area (Å²) in [5.41, 5.74) is 9.88. The quantitative estimate of drug-likeness (QED) is 0.637. The van der Waals surface area contributed by atoms with Gasteiger partial charge in [-0.15, -0.1) is 0 Å². The molecule has 0 aromatic heterocycles. The lowest BCUT2D eigenvalue weighted by Crippen LogP contribution is -2.42. The van der Waals surface area contributed by atoms with Gasteiger partial charge in [-0.2, -0.15) is 4.72 Å². The van der Waals surface area contributed by atoms with Crippen molar-refractivity contribution in [3.8, 4) is 0 Å². The minimum Gasteiger partial charge on any atom is -0.396 e. The van der Waals surface area contributed by atoms with Crippen LogP contribution in [0.1, 0.15) is 6.92 Å². The van der Waals surface area contributed by atoms with Crippen LogP contribution in [-0.2, 0) is 14.8 Å². The molecular weight excluding hydrogens is 249 g/mol. The molecule has 0 saturated heterocycles. The van der Waals surface area contributed by atoms with Crippen molar-refractivity contribution in [3.63, 3.8) is 0 Å². The molecule has 1 rings (SSSR count). The monoisotopic (exact) mass is 261 g/mol.